The molecule has 19 heavy (non-hydrogen) atoms. The highest BCUT2D eigenvalue weighted by Gasteiger charge is 2.44. The standard InChI is InChI=1S/C8H14N2O5P4/c11-3(1-2(16)7(13)15-1)9-5(17)4(12)10-6(18)8(14)19/h1-2,5-6H,16-19H2,(H,9,11)(H,10,12)/t1-,2+,5+,6+/m1/s1. The molecule has 1 aliphatic rings. The average molecular weight is 342 g/mol. The zero-order chi connectivity index (χ0) is 14.7. The second-order valence-corrected chi connectivity index (χ2v) is 6.38. The molecule has 0 aromatic heterocycles. The highest BCUT2D eigenvalue weighted by molar-refractivity contribution is 7.43. The van der Waals surface area contributed by atoms with Gasteiger partial charge in [-0.25, -0.2) is 0 Å². The van der Waals surface area contributed by atoms with Crippen molar-refractivity contribution < 1.29 is 23.9 Å². The Morgan fingerprint density at radius 2 is 1.74 bits per heavy atom. The van der Waals surface area contributed by atoms with E-state index in [0.29, 0.717) is 0 Å². The topological polar surface area (TPSA) is 102 Å². The first-order valence-electron chi connectivity index (χ1n) is 5.11. The predicted molar refractivity (Wildman–Crippen MR) is 81.4 cm³/mol. The number of rotatable bonds is 5. The van der Waals surface area contributed by atoms with E-state index in [4.69, 9.17) is 0 Å². The van der Waals surface area contributed by atoms with Crippen molar-refractivity contribution in [1.29, 1.82) is 0 Å². The number of cyclic esters (lactones) is 1. The third-order valence-corrected chi connectivity index (χ3v) is 4.61. The highest BCUT2D eigenvalue weighted by atomic mass is 31.0. The van der Waals surface area contributed by atoms with Crippen LogP contribution in [0.3, 0.4) is 0 Å². The lowest BCUT2D eigenvalue weighted by molar-refractivity contribution is -0.173. The van der Waals surface area contributed by atoms with Crippen molar-refractivity contribution in [3.05, 3.63) is 0 Å². The molecule has 0 spiro atoms. The summed E-state index contributed by atoms with van der Waals surface area (Å²) >= 11 is 0. The van der Waals surface area contributed by atoms with Gasteiger partial charge in [-0.2, -0.15) is 0 Å². The van der Waals surface area contributed by atoms with Crippen LogP contribution in [0.15, 0.2) is 0 Å². The Kier molecular flexibility index (Phi) is 6.20. The van der Waals surface area contributed by atoms with E-state index in [1.54, 1.807) is 0 Å². The lowest BCUT2D eigenvalue weighted by Gasteiger charge is -2.31. The van der Waals surface area contributed by atoms with Gasteiger partial charge in [-0.05, 0) is 0 Å². The van der Waals surface area contributed by atoms with Gasteiger partial charge in [0.2, 0.25) is 5.91 Å². The Bertz CT molecular complexity index is 431. The van der Waals surface area contributed by atoms with Crippen LogP contribution in [-0.4, -0.2) is 46.6 Å². The SMILES string of the molecule is O=C(P)[C@H](P)NC(=O)[C@H](P)NC(=O)[C@@H]1OC(=O)[C@H]1P. The van der Waals surface area contributed by atoms with E-state index in [9.17, 15) is 19.2 Å². The van der Waals surface area contributed by atoms with Crippen LogP contribution in [0.5, 0.6) is 0 Å². The van der Waals surface area contributed by atoms with E-state index >= 15 is 0 Å². The van der Waals surface area contributed by atoms with E-state index < -0.39 is 41.1 Å². The van der Waals surface area contributed by atoms with Crippen molar-refractivity contribution in [3.63, 3.8) is 0 Å². The minimum Gasteiger partial charge on any atom is -0.450 e. The predicted octanol–water partition coefficient (Wildman–Crippen LogP) is -1.81. The van der Waals surface area contributed by atoms with Crippen LogP contribution < -0.4 is 10.6 Å². The fourth-order valence-electron chi connectivity index (χ4n) is 1.16. The molecule has 11 heteroatoms. The maximum absolute atomic E-state index is 11.6. The van der Waals surface area contributed by atoms with Crippen LogP contribution in [0.2, 0.25) is 0 Å². The summed E-state index contributed by atoms with van der Waals surface area (Å²) in [5.41, 5.74) is -0.900. The summed E-state index contributed by atoms with van der Waals surface area (Å²) in [6, 6.07) is 0. The van der Waals surface area contributed by atoms with Gasteiger partial charge in [0.05, 0.1) is 0 Å². The number of carbonyl (C=O) groups excluding carboxylic acids is 4. The molecule has 1 aliphatic heterocycles. The van der Waals surface area contributed by atoms with Crippen LogP contribution in [0.1, 0.15) is 0 Å². The number of amides is 2. The van der Waals surface area contributed by atoms with Crippen LogP contribution in [-0.2, 0) is 23.9 Å². The summed E-state index contributed by atoms with van der Waals surface area (Å²) in [5.74, 6) is -3.24. The van der Waals surface area contributed by atoms with Crippen molar-refractivity contribution >= 4 is 60.3 Å². The molecule has 4 unspecified atom stereocenters. The molecule has 8 atom stereocenters. The fraction of sp³-hybridized carbons (Fsp3) is 0.500. The number of esters is 1. The molecule has 0 radical (unpaired) electrons. The van der Waals surface area contributed by atoms with Crippen LogP contribution in [0.25, 0.3) is 0 Å². The monoisotopic (exact) mass is 342 g/mol. The van der Waals surface area contributed by atoms with Gasteiger partial charge in [0.25, 0.3) is 5.91 Å². The molecular formula is C8H14N2O5P4. The molecule has 1 fully saturated rings. The maximum atomic E-state index is 11.6. The first kappa shape index (κ1) is 16.9. The minimum atomic E-state index is -0.920. The second kappa shape index (κ2) is 6.99. The maximum Gasteiger partial charge on any atom is 0.317 e. The molecule has 0 aromatic rings. The fourth-order valence-corrected chi connectivity index (χ4v) is 2.00. The van der Waals surface area contributed by atoms with Crippen molar-refractivity contribution in [1.82, 2.24) is 10.6 Å². The third-order valence-electron chi connectivity index (χ3n) is 2.28. The van der Waals surface area contributed by atoms with Gasteiger partial charge < -0.3 is 15.4 Å². The number of ether oxygens (including phenoxy) is 1. The summed E-state index contributed by atoms with van der Waals surface area (Å²) in [5, 5.41) is 4.76. The quantitative estimate of drug-likeness (QED) is 0.453. The Balaban J connectivity index is 2.44. The highest BCUT2D eigenvalue weighted by Crippen LogP contribution is 2.23. The Morgan fingerprint density at radius 1 is 1.16 bits per heavy atom. The van der Waals surface area contributed by atoms with E-state index in [0.717, 1.165) is 0 Å². The van der Waals surface area contributed by atoms with Gasteiger partial charge in [0.15, 0.2) is 11.6 Å². The van der Waals surface area contributed by atoms with E-state index in [1.807, 2.05) is 9.24 Å². The molecule has 1 saturated heterocycles. The summed E-state index contributed by atoms with van der Waals surface area (Å²) < 4.78 is 4.64. The molecule has 1 heterocycles. The largest absolute Gasteiger partial charge is 0.450 e. The molecule has 106 valence electrons. The van der Waals surface area contributed by atoms with Gasteiger partial charge >= 0.3 is 5.97 Å². The Hall–Kier alpha value is -0.200. The number of carbonyl (C=O) groups is 4. The molecule has 0 bridgehead atoms. The van der Waals surface area contributed by atoms with Crippen molar-refractivity contribution in [3.8, 4) is 0 Å². The summed E-state index contributed by atoms with van der Waals surface area (Å²) in [6.07, 6.45) is -0.900. The van der Waals surface area contributed by atoms with Crippen LogP contribution >= 0.6 is 37.0 Å². The van der Waals surface area contributed by atoms with Gasteiger partial charge in [0, 0.05) is 0 Å². The summed E-state index contributed by atoms with van der Waals surface area (Å²) in [4.78, 5) is 45.1. The first-order chi connectivity index (χ1) is 8.73. The van der Waals surface area contributed by atoms with Gasteiger partial charge in [-0.1, -0.05) is 9.24 Å². The van der Waals surface area contributed by atoms with E-state index in [1.165, 1.54) is 0 Å². The minimum absolute atomic E-state index is 0.306. The zero-order valence-corrected chi connectivity index (χ0v) is 14.3. The molecular weight excluding hydrogens is 328 g/mol. The summed E-state index contributed by atoms with van der Waals surface area (Å²) in [6.45, 7) is 0. The molecule has 0 aromatic carbocycles. The second-order valence-electron chi connectivity index (χ2n) is 3.76. The van der Waals surface area contributed by atoms with Gasteiger partial charge in [-0.15, -0.1) is 27.7 Å². The molecule has 2 N–H and O–H groups in total. The summed E-state index contributed by atoms with van der Waals surface area (Å²) in [7, 11) is 8.43. The first-order valence-corrected chi connectivity index (χ1v) is 7.69. The van der Waals surface area contributed by atoms with Crippen LogP contribution in [0.4, 0.5) is 0 Å². The van der Waals surface area contributed by atoms with Crippen molar-refractivity contribution in [2.24, 2.45) is 0 Å². The molecule has 0 saturated carbocycles. The Labute approximate surface area is 118 Å². The molecule has 7 nitrogen and oxygen atoms in total. The Morgan fingerprint density at radius 3 is 2.16 bits per heavy atom. The zero-order valence-electron chi connectivity index (χ0n) is 9.66. The van der Waals surface area contributed by atoms with Crippen LogP contribution in [0, 0.1) is 0 Å². The lowest BCUT2D eigenvalue weighted by atomic mass is 10.1. The number of hydrogen-bond donors (Lipinski definition) is 2. The van der Waals surface area contributed by atoms with E-state index in [2.05, 4.69) is 43.1 Å². The van der Waals surface area contributed by atoms with Crippen molar-refractivity contribution in [2.75, 3.05) is 0 Å². The van der Waals surface area contributed by atoms with Crippen molar-refractivity contribution in [2.45, 2.75) is 23.3 Å². The molecule has 2 amide bonds. The lowest BCUT2D eigenvalue weighted by Crippen LogP contribution is -2.57. The van der Waals surface area contributed by atoms with E-state index in [-0.39, 0.29) is 5.52 Å². The van der Waals surface area contributed by atoms with Gasteiger partial charge in [-0.3, -0.25) is 19.2 Å². The number of hydrogen-bond acceptors (Lipinski definition) is 5. The average Bonchev–Trinajstić information content (AvgIpc) is 2.34. The molecule has 1 rings (SSSR count). The normalized spacial score (nSPS) is 24.5. The third kappa shape index (κ3) is 4.39. The molecule has 0 aliphatic carbocycles. The van der Waals surface area contributed by atoms with Gasteiger partial charge in [0.1, 0.15) is 17.2 Å². The smallest absolute Gasteiger partial charge is 0.317 e. The number of nitrogens with one attached hydrogen (secondary N) is 2.